The molecule has 130 valence electrons. The Bertz CT molecular complexity index is 435. The molecule has 0 fully saturated rings. The number of hydrogen-bond donors (Lipinski definition) is 1. The Morgan fingerprint density at radius 3 is 1.50 bits per heavy atom. The molecular formula is C7H3F11N2OS. The maximum absolute atomic E-state index is 12.4. The van der Waals surface area contributed by atoms with Crippen LogP contribution >= 0.6 is 11.8 Å². The van der Waals surface area contributed by atoms with Crippen LogP contribution in [0.15, 0.2) is 4.99 Å². The van der Waals surface area contributed by atoms with Crippen molar-refractivity contribution in [1.29, 1.82) is 0 Å². The summed E-state index contributed by atoms with van der Waals surface area (Å²) in [4.78, 5) is 12.2. The van der Waals surface area contributed by atoms with Gasteiger partial charge in [0.1, 0.15) is 0 Å². The van der Waals surface area contributed by atoms with Crippen molar-refractivity contribution in [2.75, 3.05) is 0 Å². The summed E-state index contributed by atoms with van der Waals surface area (Å²) in [6.45, 7) is 0. The van der Waals surface area contributed by atoms with E-state index in [0.717, 1.165) is 0 Å². The molecule has 1 amide bonds. The summed E-state index contributed by atoms with van der Waals surface area (Å²) in [5.41, 5.74) is 4.40. The van der Waals surface area contributed by atoms with Crippen LogP contribution < -0.4 is 5.73 Å². The van der Waals surface area contributed by atoms with Crippen molar-refractivity contribution in [2.24, 2.45) is 10.7 Å². The first-order valence-electron chi connectivity index (χ1n) is 4.54. The van der Waals surface area contributed by atoms with Gasteiger partial charge in [-0.3, -0.25) is 4.79 Å². The summed E-state index contributed by atoms with van der Waals surface area (Å²) in [5, 5.41) is -6.30. The zero-order chi connectivity index (χ0) is 18.1. The molecule has 0 aliphatic carbocycles. The van der Waals surface area contributed by atoms with E-state index in [0.29, 0.717) is 0 Å². The molecule has 0 spiro atoms. The van der Waals surface area contributed by atoms with Crippen LogP contribution in [-0.4, -0.2) is 40.8 Å². The number of nitrogens with two attached hydrogens (primary N) is 1. The molecule has 0 atom stereocenters. The Hall–Kier alpha value is -1.28. The van der Waals surface area contributed by atoms with Gasteiger partial charge in [0, 0.05) is 0 Å². The fraction of sp³-hybridized carbons (Fsp3) is 0.714. The maximum atomic E-state index is 12.4. The second kappa shape index (κ2) is 6.08. The number of amidine groups is 1. The number of hydrogen-bond acceptors (Lipinski definition) is 2. The summed E-state index contributed by atoms with van der Waals surface area (Å²) in [6.07, 6.45) is -18.4. The van der Waals surface area contributed by atoms with Crippen molar-refractivity contribution in [2.45, 2.75) is 29.7 Å². The Labute approximate surface area is 117 Å². The Balaban J connectivity index is 5.36. The minimum Gasteiger partial charge on any atom is -0.378 e. The molecule has 0 bridgehead atoms. The van der Waals surface area contributed by atoms with Gasteiger partial charge >= 0.3 is 30.4 Å². The first-order valence-corrected chi connectivity index (χ1v) is 5.42. The smallest absolute Gasteiger partial charge is 0.378 e. The number of rotatable bonds is 2. The van der Waals surface area contributed by atoms with Crippen LogP contribution in [0.5, 0.6) is 0 Å². The van der Waals surface area contributed by atoms with Gasteiger partial charge in [-0.15, -0.1) is 0 Å². The van der Waals surface area contributed by atoms with E-state index in [4.69, 9.17) is 0 Å². The van der Waals surface area contributed by atoms with E-state index in [2.05, 4.69) is 5.73 Å². The molecule has 0 aromatic rings. The van der Waals surface area contributed by atoms with Crippen molar-refractivity contribution in [3.63, 3.8) is 0 Å². The monoisotopic (exact) mass is 372 g/mol. The first kappa shape index (κ1) is 20.7. The predicted molar refractivity (Wildman–Crippen MR) is 51.1 cm³/mol. The lowest BCUT2D eigenvalue weighted by atomic mass is 10.3. The van der Waals surface area contributed by atoms with Crippen LogP contribution in [0.3, 0.4) is 0 Å². The molecule has 0 unspecified atom stereocenters. The lowest BCUT2D eigenvalue weighted by Gasteiger charge is -2.22. The first-order chi connectivity index (χ1) is 9.40. The van der Waals surface area contributed by atoms with Crippen LogP contribution in [0.25, 0.3) is 0 Å². The van der Waals surface area contributed by atoms with Crippen molar-refractivity contribution in [1.82, 2.24) is 0 Å². The van der Waals surface area contributed by atoms with Gasteiger partial charge in [0.25, 0.3) is 0 Å². The molecule has 0 saturated heterocycles. The molecule has 0 aromatic heterocycles. The van der Waals surface area contributed by atoms with Gasteiger partial charge < -0.3 is 5.73 Å². The van der Waals surface area contributed by atoms with Gasteiger partial charge in [0.05, 0.1) is 0 Å². The van der Waals surface area contributed by atoms with Gasteiger partial charge in [0.15, 0.2) is 5.17 Å². The molecule has 0 saturated carbocycles. The van der Waals surface area contributed by atoms with E-state index in [1.807, 2.05) is 0 Å². The van der Waals surface area contributed by atoms with E-state index < -0.39 is 52.5 Å². The molecule has 0 heterocycles. The van der Waals surface area contributed by atoms with E-state index in [9.17, 15) is 53.1 Å². The van der Waals surface area contributed by atoms with Gasteiger partial charge in [-0.2, -0.15) is 53.3 Å². The third-order valence-corrected chi connectivity index (χ3v) is 2.77. The third kappa shape index (κ3) is 5.17. The van der Waals surface area contributed by atoms with Crippen molar-refractivity contribution < 1.29 is 53.1 Å². The predicted octanol–water partition coefficient (Wildman–Crippen LogP) is 3.25. The molecule has 15 heteroatoms. The highest BCUT2D eigenvalue weighted by Gasteiger charge is 2.64. The number of carbonyl (C=O) groups is 1. The minimum atomic E-state index is -6.44. The highest BCUT2D eigenvalue weighted by Crippen LogP contribution is 2.42. The standard InChI is InChI=1S/C7H3F11N2OS/c8-4(9,7(16,17)18)2(21)20-3(19)22-1(5(10,11)12)6(13,14)15/h1H,(H2,19,20,21). The maximum Gasteiger partial charge on any atom is 0.463 e. The minimum absolute atomic E-state index is 1.43. The lowest BCUT2D eigenvalue weighted by Crippen LogP contribution is -2.44. The van der Waals surface area contributed by atoms with E-state index in [1.165, 1.54) is 0 Å². The molecule has 0 rings (SSSR count). The van der Waals surface area contributed by atoms with Gasteiger partial charge in [-0.25, -0.2) is 0 Å². The highest BCUT2D eigenvalue weighted by atomic mass is 32.2. The largest absolute Gasteiger partial charge is 0.463 e. The molecule has 22 heavy (non-hydrogen) atoms. The van der Waals surface area contributed by atoms with Crippen molar-refractivity contribution in [3.8, 4) is 0 Å². The number of alkyl halides is 11. The summed E-state index contributed by atoms with van der Waals surface area (Å²) < 4.78 is 132. The highest BCUT2D eigenvalue weighted by molar-refractivity contribution is 8.14. The van der Waals surface area contributed by atoms with Crippen LogP contribution in [0.2, 0.25) is 0 Å². The van der Waals surface area contributed by atoms with Crippen LogP contribution in [0.1, 0.15) is 0 Å². The van der Waals surface area contributed by atoms with Crippen molar-refractivity contribution >= 4 is 22.8 Å². The fourth-order valence-electron chi connectivity index (χ4n) is 0.758. The Morgan fingerprint density at radius 2 is 1.23 bits per heavy atom. The molecule has 0 aliphatic heterocycles. The normalized spacial score (nSPS) is 15.4. The van der Waals surface area contributed by atoms with Crippen LogP contribution in [-0.2, 0) is 4.79 Å². The zero-order valence-corrected chi connectivity index (χ0v) is 10.4. The zero-order valence-electron chi connectivity index (χ0n) is 9.58. The van der Waals surface area contributed by atoms with Crippen LogP contribution in [0, 0.1) is 0 Å². The fourth-order valence-corrected chi connectivity index (χ4v) is 1.40. The Kier molecular flexibility index (Phi) is 5.72. The van der Waals surface area contributed by atoms with Crippen molar-refractivity contribution in [3.05, 3.63) is 0 Å². The van der Waals surface area contributed by atoms with Crippen LogP contribution in [0.4, 0.5) is 48.3 Å². The lowest BCUT2D eigenvalue weighted by molar-refractivity contribution is -0.268. The second-order valence-corrected chi connectivity index (χ2v) is 4.53. The average molecular weight is 372 g/mol. The summed E-state index contributed by atoms with van der Waals surface area (Å²) in [6, 6.07) is 0. The summed E-state index contributed by atoms with van der Waals surface area (Å²) in [7, 11) is 0. The van der Waals surface area contributed by atoms with Gasteiger partial charge in [0.2, 0.25) is 5.25 Å². The Morgan fingerprint density at radius 1 is 0.864 bits per heavy atom. The number of aliphatic imine (C=N–C) groups is 1. The van der Waals surface area contributed by atoms with E-state index in [-0.39, 0.29) is 0 Å². The van der Waals surface area contributed by atoms with E-state index in [1.54, 1.807) is 4.99 Å². The molecule has 2 N–H and O–H groups in total. The SMILES string of the molecule is NC(=NC(=O)C(F)(F)C(F)(F)F)SC(C(F)(F)F)C(F)(F)F. The van der Waals surface area contributed by atoms with Gasteiger partial charge in [-0.05, 0) is 0 Å². The topological polar surface area (TPSA) is 55.4 Å². The number of nitrogens with zero attached hydrogens (tertiary/aromatic N) is 1. The molecule has 0 aliphatic rings. The molecular weight excluding hydrogens is 369 g/mol. The van der Waals surface area contributed by atoms with Gasteiger partial charge in [-0.1, -0.05) is 11.8 Å². The molecule has 3 nitrogen and oxygen atoms in total. The number of carbonyl (C=O) groups excluding carboxylic acids is 1. The molecule has 0 radical (unpaired) electrons. The summed E-state index contributed by atoms with van der Waals surface area (Å²) >= 11 is -1.43. The second-order valence-electron chi connectivity index (χ2n) is 3.41. The third-order valence-electron chi connectivity index (χ3n) is 1.67. The summed E-state index contributed by atoms with van der Waals surface area (Å²) in [5.74, 6) is -9.45. The number of thioether (sulfide) groups is 1. The quantitative estimate of drug-likeness (QED) is 0.460. The average Bonchev–Trinajstić information content (AvgIpc) is 2.20. The number of halogens is 11. The van der Waals surface area contributed by atoms with E-state index >= 15 is 0 Å². The molecule has 0 aromatic carbocycles. The number of amides is 1.